The Morgan fingerprint density at radius 3 is 2.24 bits per heavy atom. The van der Waals surface area contributed by atoms with Gasteiger partial charge in [-0.25, -0.2) is 4.79 Å². The van der Waals surface area contributed by atoms with Gasteiger partial charge in [0, 0.05) is 37.4 Å². The van der Waals surface area contributed by atoms with E-state index in [9.17, 15) is 9.90 Å². The zero-order valence-corrected chi connectivity index (χ0v) is 20.8. The van der Waals surface area contributed by atoms with Gasteiger partial charge in [0.15, 0.2) is 5.11 Å². The molecule has 9 nitrogen and oxygen atoms in total. The van der Waals surface area contributed by atoms with E-state index in [1.807, 2.05) is 28.9 Å². The number of allylic oxidation sites excluding steroid dienone is 1. The van der Waals surface area contributed by atoms with Crippen LogP contribution in [0.5, 0.6) is 5.75 Å². The Balaban J connectivity index is 1.78. The van der Waals surface area contributed by atoms with Crippen LogP contribution in [0, 0.1) is 0 Å². The molecule has 34 heavy (non-hydrogen) atoms. The number of carbonyl (C=O) groups is 1. The van der Waals surface area contributed by atoms with Crippen molar-refractivity contribution in [3.8, 4) is 5.75 Å². The number of hydrogen-bond donors (Lipinski definition) is 1. The van der Waals surface area contributed by atoms with Crippen LogP contribution in [-0.2, 0) is 19.0 Å². The molecule has 3 aliphatic heterocycles. The van der Waals surface area contributed by atoms with Crippen LogP contribution >= 0.6 is 12.2 Å². The number of aromatic hydroxyl groups is 1. The monoisotopic (exact) mass is 490 g/mol. The predicted molar refractivity (Wildman–Crippen MR) is 131 cm³/mol. The number of morpholine rings is 2. The van der Waals surface area contributed by atoms with Crippen LogP contribution in [0.15, 0.2) is 35.5 Å². The van der Waals surface area contributed by atoms with Crippen molar-refractivity contribution in [2.45, 2.75) is 19.9 Å². The normalized spacial score (nSPS) is 22.9. The number of para-hydroxylation sites is 1. The van der Waals surface area contributed by atoms with E-state index in [1.54, 1.807) is 19.1 Å². The van der Waals surface area contributed by atoms with Crippen molar-refractivity contribution in [3.63, 3.8) is 0 Å². The SMILES string of the molecule is CCOC(=O)C1=C(C)N(CN2CCOCC2)C(=S)N(CN2CCOCC2)C1c1ccccc1O. The second-order valence-electron chi connectivity index (χ2n) is 8.60. The summed E-state index contributed by atoms with van der Waals surface area (Å²) in [4.78, 5) is 22.0. The maximum absolute atomic E-state index is 13.4. The molecule has 3 heterocycles. The molecule has 0 saturated carbocycles. The first-order chi connectivity index (χ1) is 16.5. The van der Waals surface area contributed by atoms with Crippen molar-refractivity contribution in [3.05, 3.63) is 41.1 Å². The van der Waals surface area contributed by atoms with E-state index >= 15 is 0 Å². The molecule has 0 amide bonds. The first-order valence-electron chi connectivity index (χ1n) is 11.9. The molecular formula is C24H34N4O5S. The van der Waals surface area contributed by atoms with Gasteiger partial charge >= 0.3 is 5.97 Å². The Bertz CT molecular complexity index is 914. The van der Waals surface area contributed by atoms with E-state index in [4.69, 9.17) is 26.4 Å². The average Bonchev–Trinajstić information content (AvgIpc) is 2.85. The highest BCUT2D eigenvalue weighted by Crippen LogP contribution is 2.41. The van der Waals surface area contributed by atoms with Crippen LogP contribution in [0.3, 0.4) is 0 Å². The fourth-order valence-corrected chi connectivity index (χ4v) is 4.99. The van der Waals surface area contributed by atoms with Gasteiger partial charge in [-0.05, 0) is 32.1 Å². The van der Waals surface area contributed by atoms with Gasteiger partial charge in [-0.2, -0.15) is 0 Å². The van der Waals surface area contributed by atoms with Crippen LogP contribution in [0.1, 0.15) is 25.5 Å². The minimum absolute atomic E-state index is 0.124. The lowest BCUT2D eigenvalue weighted by atomic mass is 9.92. The highest BCUT2D eigenvalue weighted by molar-refractivity contribution is 7.80. The number of hydrogen-bond acceptors (Lipinski definition) is 8. The number of esters is 1. The third-order valence-electron chi connectivity index (χ3n) is 6.48. The number of nitrogens with zero attached hydrogens (tertiary/aromatic N) is 4. The summed E-state index contributed by atoms with van der Waals surface area (Å²) in [6.07, 6.45) is 0. The zero-order valence-electron chi connectivity index (χ0n) is 19.9. The summed E-state index contributed by atoms with van der Waals surface area (Å²) in [7, 11) is 0. The van der Waals surface area contributed by atoms with Crippen LogP contribution < -0.4 is 0 Å². The molecule has 1 aromatic carbocycles. The highest BCUT2D eigenvalue weighted by atomic mass is 32.1. The Morgan fingerprint density at radius 2 is 1.65 bits per heavy atom. The van der Waals surface area contributed by atoms with Gasteiger partial charge in [0.2, 0.25) is 0 Å². The molecule has 1 N–H and O–H groups in total. The lowest BCUT2D eigenvalue weighted by molar-refractivity contribution is -0.139. The largest absolute Gasteiger partial charge is 0.508 e. The molecule has 3 aliphatic rings. The first kappa shape index (κ1) is 24.9. The van der Waals surface area contributed by atoms with Crippen molar-refractivity contribution < 1.29 is 24.1 Å². The summed E-state index contributed by atoms with van der Waals surface area (Å²) < 4.78 is 16.6. The van der Waals surface area contributed by atoms with Crippen molar-refractivity contribution in [1.82, 2.24) is 19.6 Å². The molecule has 0 aliphatic carbocycles. The summed E-state index contributed by atoms with van der Waals surface area (Å²) in [6, 6.07) is 6.57. The number of ether oxygens (including phenoxy) is 3. The maximum Gasteiger partial charge on any atom is 0.338 e. The molecule has 0 bridgehead atoms. The molecular weight excluding hydrogens is 456 g/mol. The van der Waals surface area contributed by atoms with E-state index in [0.29, 0.717) is 56.0 Å². The predicted octanol–water partition coefficient (Wildman–Crippen LogP) is 1.75. The third-order valence-corrected chi connectivity index (χ3v) is 6.94. The van der Waals surface area contributed by atoms with Crippen LogP contribution in [-0.4, -0.2) is 108 Å². The van der Waals surface area contributed by atoms with E-state index in [-0.39, 0.29) is 12.4 Å². The Kier molecular flexibility index (Phi) is 8.38. The highest BCUT2D eigenvalue weighted by Gasteiger charge is 2.42. The second-order valence-corrected chi connectivity index (χ2v) is 8.97. The van der Waals surface area contributed by atoms with Crippen LogP contribution in [0.25, 0.3) is 0 Å². The fraction of sp³-hybridized carbons (Fsp3) is 0.583. The van der Waals surface area contributed by atoms with Crippen molar-refractivity contribution in [2.24, 2.45) is 0 Å². The fourth-order valence-electron chi connectivity index (χ4n) is 4.63. The van der Waals surface area contributed by atoms with Crippen molar-refractivity contribution in [2.75, 3.05) is 72.6 Å². The second kappa shape index (κ2) is 11.5. The summed E-state index contributed by atoms with van der Waals surface area (Å²) in [5.41, 5.74) is 1.88. The molecule has 186 valence electrons. The maximum atomic E-state index is 13.4. The molecule has 4 rings (SSSR count). The first-order valence-corrected chi connectivity index (χ1v) is 12.3. The van der Waals surface area contributed by atoms with Crippen molar-refractivity contribution in [1.29, 1.82) is 0 Å². The Hall–Kier alpha value is -2.24. The van der Waals surface area contributed by atoms with Crippen LogP contribution in [0.4, 0.5) is 0 Å². The van der Waals surface area contributed by atoms with Gasteiger partial charge < -0.3 is 29.1 Å². The minimum atomic E-state index is -0.559. The Morgan fingerprint density at radius 1 is 1.06 bits per heavy atom. The van der Waals surface area contributed by atoms with Crippen molar-refractivity contribution >= 4 is 23.3 Å². The minimum Gasteiger partial charge on any atom is -0.508 e. The zero-order chi connectivity index (χ0) is 24.1. The Labute approximate surface area is 206 Å². The van der Waals surface area contributed by atoms with Gasteiger partial charge in [0.25, 0.3) is 0 Å². The molecule has 2 fully saturated rings. The summed E-state index contributed by atoms with van der Waals surface area (Å²) in [5, 5.41) is 11.4. The molecule has 0 spiro atoms. The molecule has 1 atom stereocenters. The van der Waals surface area contributed by atoms with Gasteiger partial charge in [0.1, 0.15) is 5.75 Å². The number of benzene rings is 1. The smallest absolute Gasteiger partial charge is 0.338 e. The molecule has 10 heteroatoms. The number of phenols is 1. The molecule has 0 aromatic heterocycles. The topological polar surface area (TPSA) is 78.0 Å². The van der Waals surface area contributed by atoms with E-state index in [0.717, 1.165) is 31.9 Å². The van der Waals surface area contributed by atoms with Gasteiger partial charge in [-0.15, -0.1) is 0 Å². The standard InChI is InChI=1S/C24H34N4O5S/c1-3-33-23(30)21-18(2)27(16-25-8-12-31-13-9-25)24(34)28(17-26-10-14-32-15-11-26)22(21)19-6-4-5-7-20(19)29/h4-7,22,29H,3,8-17H2,1-2H3. The number of thiocarbonyl (C=S) groups is 1. The quantitative estimate of drug-likeness (QED) is 0.451. The third kappa shape index (κ3) is 5.36. The van der Waals surface area contributed by atoms with E-state index in [2.05, 4.69) is 9.80 Å². The van der Waals surface area contributed by atoms with Gasteiger partial charge in [-0.3, -0.25) is 9.80 Å². The van der Waals surface area contributed by atoms with Gasteiger partial charge in [0.05, 0.1) is 58.0 Å². The lowest BCUT2D eigenvalue weighted by Gasteiger charge is -2.48. The number of rotatable bonds is 7. The van der Waals surface area contributed by atoms with Gasteiger partial charge in [-0.1, -0.05) is 18.2 Å². The molecule has 2 saturated heterocycles. The molecule has 0 radical (unpaired) electrons. The molecule has 1 aromatic rings. The van der Waals surface area contributed by atoms with Crippen LogP contribution in [0.2, 0.25) is 0 Å². The summed E-state index contributed by atoms with van der Waals surface area (Å²) in [5.74, 6) is -0.270. The summed E-state index contributed by atoms with van der Waals surface area (Å²) >= 11 is 6.06. The number of carbonyl (C=O) groups excluding carboxylic acids is 1. The van der Waals surface area contributed by atoms with E-state index < -0.39 is 12.0 Å². The average molecular weight is 491 g/mol. The summed E-state index contributed by atoms with van der Waals surface area (Å²) in [6.45, 7) is 10.8. The lowest BCUT2D eigenvalue weighted by Crippen LogP contribution is -2.57. The van der Waals surface area contributed by atoms with E-state index in [1.165, 1.54) is 0 Å². The number of phenolic OH excluding ortho intramolecular Hbond substituents is 1. The molecule has 1 unspecified atom stereocenters.